The van der Waals surface area contributed by atoms with Gasteiger partial charge in [0, 0.05) is 24.6 Å². The van der Waals surface area contributed by atoms with E-state index in [-0.39, 0.29) is 11.8 Å². The van der Waals surface area contributed by atoms with E-state index < -0.39 is 0 Å². The number of benzene rings is 1. The van der Waals surface area contributed by atoms with Gasteiger partial charge in [-0.25, -0.2) is 15.0 Å². The Hall–Kier alpha value is -2.76. The third-order valence-corrected chi connectivity index (χ3v) is 3.82. The van der Waals surface area contributed by atoms with Crippen LogP contribution in [0.2, 0.25) is 0 Å². The molecule has 1 aromatic carbocycles. The highest BCUT2D eigenvalue weighted by molar-refractivity contribution is 6.01. The summed E-state index contributed by atoms with van der Waals surface area (Å²) in [7, 11) is 0. The Morgan fingerprint density at radius 1 is 1.19 bits per heavy atom. The molecule has 1 amide bonds. The molecule has 4 rings (SSSR count). The van der Waals surface area contributed by atoms with Crippen LogP contribution in [0.25, 0.3) is 11.0 Å². The van der Waals surface area contributed by atoms with Crippen LogP contribution in [-0.4, -0.2) is 32.4 Å². The normalized spacial score (nSPS) is 18.6. The Morgan fingerprint density at radius 2 is 2.05 bits per heavy atom. The van der Waals surface area contributed by atoms with Crippen molar-refractivity contribution in [1.82, 2.24) is 19.9 Å². The fraction of sp³-hybridized carbons (Fsp3) is 0.200. The van der Waals surface area contributed by atoms with Crippen molar-refractivity contribution in [1.29, 1.82) is 0 Å². The van der Waals surface area contributed by atoms with E-state index >= 15 is 0 Å². The third kappa shape index (κ3) is 1.96. The summed E-state index contributed by atoms with van der Waals surface area (Å²) < 4.78 is 0. The van der Waals surface area contributed by atoms with Crippen LogP contribution in [-0.2, 0) is 4.79 Å². The van der Waals surface area contributed by atoms with Crippen LogP contribution in [0.4, 0.5) is 5.69 Å². The number of hydrogen-bond donors (Lipinski definition) is 1. The van der Waals surface area contributed by atoms with Gasteiger partial charge in [0.1, 0.15) is 11.7 Å². The van der Waals surface area contributed by atoms with Gasteiger partial charge in [-0.1, -0.05) is 0 Å². The highest BCUT2D eigenvalue weighted by Crippen LogP contribution is 2.31. The number of hydrogen-bond acceptors (Lipinski definition) is 4. The summed E-state index contributed by atoms with van der Waals surface area (Å²) in [6.07, 6.45) is 5.74. The number of rotatable bonds is 2. The maximum atomic E-state index is 12.6. The average Bonchev–Trinajstić information content (AvgIpc) is 3.13. The molecule has 3 aromatic rings. The molecule has 0 aliphatic carbocycles. The highest BCUT2D eigenvalue weighted by Gasteiger charge is 2.35. The predicted molar refractivity (Wildman–Crippen MR) is 77.8 cm³/mol. The standard InChI is InChI=1S/C15H13N5O/c21-15-11(14-16-5-1-6-17-14)4-7-20(15)10-2-3-12-13(8-10)19-9-18-12/h1-3,5-6,8-9,11H,4,7H2,(H,18,19). The van der Waals surface area contributed by atoms with E-state index in [2.05, 4.69) is 19.9 Å². The fourth-order valence-electron chi connectivity index (χ4n) is 2.76. The smallest absolute Gasteiger partial charge is 0.237 e. The van der Waals surface area contributed by atoms with Crippen LogP contribution in [0.15, 0.2) is 43.0 Å². The molecule has 6 nitrogen and oxygen atoms in total. The highest BCUT2D eigenvalue weighted by atomic mass is 16.2. The van der Waals surface area contributed by atoms with Gasteiger partial charge in [-0.05, 0) is 30.7 Å². The molecule has 0 bridgehead atoms. The van der Waals surface area contributed by atoms with Crippen LogP contribution in [0.5, 0.6) is 0 Å². The van der Waals surface area contributed by atoms with E-state index in [1.807, 2.05) is 18.2 Å². The van der Waals surface area contributed by atoms with Gasteiger partial charge in [-0.15, -0.1) is 0 Å². The Labute approximate surface area is 120 Å². The van der Waals surface area contributed by atoms with Crippen molar-refractivity contribution >= 4 is 22.6 Å². The van der Waals surface area contributed by atoms with Gasteiger partial charge in [-0.2, -0.15) is 0 Å². The molecule has 6 heteroatoms. The Kier molecular flexibility index (Phi) is 2.67. The van der Waals surface area contributed by atoms with E-state index in [9.17, 15) is 4.79 Å². The van der Waals surface area contributed by atoms with E-state index in [0.717, 1.165) is 23.1 Å². The summed E-state index contributed by atoms with van der Waals surface area (Å²) in [5.74, 6) is 0.413. The molecule has 1 atom stereocenters. The number of fused-ring (bicyclic) bond motifs is 1. The van der Waals surface area contributed by atoms with Crippen molar-refractivity contribution in [2.75, 3.05) is 11.4 Å². The van der Waals surface area contributed by atoms with Crippen LogP contribution in [0.3, 0.4) is 0 Å². The summed E-state index contributed by atoms with van der Waals surface area (Å²) in [6.45, 7) is 0.682. The second-order valence-corrected chi connectivity index (χ2v) is 5.04. The van der Waals surface area contributed by atoms with E-state index in [1.54, 1.807) is 29.7 Å². The predicted octanol–water partition coefficient (Wildman–Crippen LogP) is 1.87. The number of aromatic amines is 1. The van der Waals surface area contributed by atoms with Gasteiger partial charge in [-0.3, -0.25) is 4.79 Å². The van der Waals surface area contributed by atoms with E-state index in [0.29, 0.717) is 12.4 Å². The maximum Gasteiger partial charge on any atom is 0.237 e. The lowest BCUT2D eigenvalue weighted by molar-refractivity contribution is -0.118. The van der Waals surface area contributed by atoms with E-state index in [4.69, 9.17) is 0 Å². The first kappa shape index (κ1) is 12.0. The number of carbonyl (C=O) groups is 1. The van der Waals surface area contributed by atoms with Gasteiger partial charge in [0.15, 0.2) is 0 Å². The van der Waals surface area contributed by atoms with E-state index in [1.165, 1.54) is 0 Å². The molecule has 0 spiro atoms. The number of carbonyl (C=O) groups excluding carboxylic acids is 1. The summed E-state index contributed by atoms with van der Waals surface area (Å²) in [5, 5.41) is 0. The summed E-state index contributed by atoms with van der Waals surface area (Å²) in [4.78, 5) is 30.1. The molecule has 1 N–H and O–H groups in total. The van der Waals surface area contributed by atoms with Crippen LogP contribution in [0.1, 0.15) is 18.2 Å². The molecule has 104 valence electrons. The third-order valence-electron chi connectivity index (χ3n) is 3.82. The molecule has 0 saturated carbocycles. The molecule has 3 heterocycles. The number of aromatic nitrogens is 4. The van der Waals surface area contributed by atoms with Gasteiger partial charge in [0.05, 0.1) is 17.4 Å². The quantitative estimate of drug-likeness (QED) is 0.777. The van der Waals surface area contributed by atoms with Gasteiger partial charge in [0.2, 0.25) is 5.91 Å². The van der Waals surface area contributed by atoms with Crippen LogP contribution < -0.4 is 4.90 Å². The average molecular weight is 279 g/mol. The number of nitrogens with zero attached hydrogens (tertiary/aromatic N) is 4. The monoisotopic (exact) mass is 279 g/mol. The maximum absolute atomic E-state index is 12.6. The van der Waals surface area contributed by atoms with Crippen molar-refractivity contribution in [3.05, 3.63) is 48.8 Å². The zero-order chi connectivity index (χ0) is 14.2. The first-order valence-corrected chi connectivity index (χ1v) is 6.84. The zero-order valence-electron chi connectivity index (χ0n) is 11.2. The Morgan fingerprint density at radius 3 is 2.90 bits per heavy atom. The molecule has 1 unspecified atom stereocenters. The van der Waals surface area contributed by atoms with Crippen LogP contribution >= 0.6 is 0 Å². The fourth-order valence-corrected chi connectivity index (χ4v) is 2.76. The minimum Gasteiger partial charge on any atom is -0.345 e. The second-order valence-electron chi connectivity index (χ2n) is 5.04. The first-order chi connectivity index (χ1) is 10.3. The Bertz CT molecular complexity index is 798. The molecule has 1 aliphatic rings. The molecule has 1 aliphatic heterocycles. The van der Waals surface area contributed by atoms with Gasteiger partial charge in [0.25, 0.3) is 0 Å². The SMILES string of the molecule is O=C1C(c2ncccn2)CCN1c1ccc2nc[nH]c2c1. The van der Waals surface area contributed by atoms with Crippen molar-refractivity contribution in [3.63, 3.8) is 0 Å². The zero-order valence-corrected chi connectivity index (χ0v) is 11.2. The van der Waals surface area contributed by atoms with Crippen molar-refractivity contribution < 1.29 is 4.79 Å². The second kappa shape index (κ2) is 4.66. The molecule has 2 aromatic heterocycles. The lowest BCUT2D eigenvalue weighted by Gasteiger charge is -2.16. The molecule has 1 fully saturated rings. The molecular weight excluding hydrogens is 266 g/mol. The number of imidazole rings is 1. The number of H-pyrrole nitrogens is 1. The molecule has 1 saturated heterocycles. The number of anilines is 1. The number of amides is 1. The first-order valence-electron chi connectivity index (χ1n) is 6.84. The lowest BCUT2D eigenvalue weighted by atomic mass is 10.1. The minimum atomic E-state index is -0.247. The molecule has 0 radical (unpaired) electrons. The van der Waals surface area contributed by atoms with Gasteiger partial charge < -0.3 is 9.88 Å². The summed E-state index contributed by atoms with van der Waals surface area (Å²) in [6, 6.07) is 7.55. The lowest BCUT2D eigenvalue weighted by Crippen LogP contribution is -2.26. The topological polar surface area (TPSA) is 74.8 Å². The summed E-state index contributed by atoms with van der Waals surface area (Å²) in [5.41, 5.74) is 2.71. The minimum absolute atomic E-state index is 0.0556. The number of nitrogens with one attached hydrogen (secondary N) is 1. The molecule has 21 heavy (non-hydrogen) atoms. The van der Waals surface area contributed by atoms with Crippen molar-refractivity contribution in [2.45, 2.75) is 12.3 Å². The van der Waals surface area contributed by atoms with Gasteiger partial charge >= 0.3 is 0 Å². The summed E-state index contributed by atoms with van der Waals surface area (Å²) >= 11 is 0. The van der Waals surface area contributed by atoms with Crippen molar-refractivity contribution in [3.8, 4) is 0 Å². The van der Waals surface area contributed by atoms with Crippen molar-refractivity contribution in [2.24, 2.45) is 0 Å². The Balaban J connectivity index is 1.66. The van der Waals surface area contributed by atoms with Crippen LogP contribution in [0, 0.1) is 0 Å². The largest absolute Gasteiger partial charge is 0.345 e. The molecular formula is C15H13N5O.